The first kappa shape index (κ1) is 23.5. The first-order valence-corrected chi connectivity index (χ1v) is 8.03. The van der Waals surface area contributed by atoms with Crippen LogP contribution < -0.4 is 10.6 Å². The molecule has 0 bridgehead atoms. The van der Waals surface area contributed by atoms with E-state index < -0.39 is 35.3 Å². The predicted octanol–water partition coefficient (Wildman–Crippen LogP) is 1.12. The van der Waals surface area contributed by atoms with Gasteiger partial charge in [-0.05, 0) is 41.5 Å². The molecule has 0 aromatic heterocycles. The van der Waals surface area contributed by atoms with Crippen molar-refractivity contribution in [2.75, 3.05) is 26.3 Å². The number of carbonyl (C=O) groups is 4. The van der Waals surface area contributed by atoms with Crippen LogP contribution in [0.1, 0.15) is 41.5 Å². The molecule has 0 saturated carbocycles. The van der Waals surface area contributed by atoms with Gasteiger partial charge in [0.05, 0.1) is 0 Å². The highest BCUT2D eigenvalue weighted by Crippen LogP contribution is 2.06. The maximum Gasteiger partial charge on any atom is 0.408 e. The van der Waals surface area contributed by atoms with Crippen LogP contribution in [-0.2, 0) is 28.5 Å². The van der Waals surface area contributed by atoms with E-state index in [0.717, 1.165) is 0 Å². The van der Waals surface area contributed by atoms with Crippen LogP contribution in [-0.4, -0.2) is 61.6 Å². The quantitative estimate of drug-likeness (QED) is 0.384. The Hall–Kier alpha value is -2.52. The molecule has 0 heterocycles. The topological polar surface area (TPSA) is 129 Å². The molecule has 2 amide bonds. The minimum atomic E-state index is -0.742. The number of hydrogen-bond donors (Lipinski definition) is 2. The van der Waals surface area contributed by atoms with Crippen LogP contribution in [0, 0.1) is 0 Å². The van der Waals surface area contributed by atoms with Gasteiger partial charge in [0, 0.05) is 0 Å². The van der Waals surface area contributed by atoms with Crippen molar-refractivity contribution in [3.63, 3.8) is 0 Å². The molecule has 0 spiro atoms. The summed E-state index contributed by atoms with van der Waals surface area (Å²) in [5, 5.41) is 4.47. The van der Waals surface area contributed by atoms with Crippen molar-refractivity contribution in [2.45, 2.75) is 52.7 Å². The van der Waals surface area contributed by atoms with E-state index in [1.165, 1.54) is 0 Å². The maximum absolute atomic E-state index is 11.4. The third kappa shape index (κ3) is 15.0. The molecule has 0 saturated heterocycles. The molecular formula is C16H28N2O8. The lowest BCUT2D eigenvalue weighted by Crippen LogP contribution is -2.37. The summed E-state index contributed by atoms with van der Waals surface area (Å²) >= 11 is 0. The van der Waals surface area contributed by atoms with Crippen LogP contribution in [0.4, 0.5) is 9.59 Å². The molecule has 0 aliphatic carbocycles. The van der Waals surface area contributed by atoms with Crippen LogP contribution in [0.3, 0.4) is 0 Å². The standard InChI is InChI=1S/C16H28N2O8/c1-15(2,3)25-13(21)17-9-11(19)23-7-8-24-12(20)10-18-14(22)26-16(4,5)6/h7-10H2,1-6H3,(H,17,21)(H,18,22). The normalized spacial score (nSPS) is 11.2. The highest BCUT2D eigenvalue weighted by Gasteiger charge is 2.18. The Balaban J connectivity index is 3.78. The number of hydrogen-bond acceptors (Lipinski definition) is 8. The van der Waals surface area contributed by atoms with Crippen molar-refractivity contribution in [1.82, 2.24) is 10.6 Å². The second-order valence-electron chi connectivity index (χ2n) is 7.15. The van der Waals surface area contributed by atoms with Gasteiger partial charge in [0.1, 0.15) is 37.5 Å². The summed E-state index contributed by atoms with van der Waals surface area (Å²) in [6.45, 7) is 9.03. The Morgan fingerprint density at radius 1 is 0.654 bits per heavy atom. The van der Waals surface area contributed by atoms with Crippen LogP contribution in [0.5, 0.6) is 0 Å². The zero-order valence-corrected chi connectivity index (χ0v) is 16.1. The van der Waals surface area contributed by atoms with Gasteiger partial charge in [-0.2, -0.15) is 0 Å². The average molecular weight is 376 g/mol. The molecule has 0 rings (SSSR count). The number of amides is 2. The lowest BCUT2D eigenvalue weighted by molar-refractivity contribution is -0.151. The van der Waals surface area contributed by atoms with Gasteiger partial charge in [-0.25, -0.2) is 9.59 Å². The fourth-order valence-corrected chi connectivity index (χ4v) is 1.33. The maximum atomic E-state index is 11.4. The molecule has 0 unspecified atom stereocenters. The molecule has 10 nitrogen and oxygen atoms in total. The third-order valence-corrected chi connectivity index (χ3v) is 2.16. The van der Waals surface area contributed by atoms with Crippen molar-refractivity contribution in [1.29, 1.82) is 0 Å². The number of nitrogens with one attached hydrogen (secondary N) is 2. The SMILES string of the molecule is CC(C)(C)OC(=O)NCC(=O)OCCOC(=O)CNC(=O)OC(C)(C)C. The molecule has 0 radical (unpaired) electrons. The molecule has 0 aliphatic rings. The zero-order valence-electron chi connectivity index (χ0n) is 16.1. The lowest BCUT2D eigenvalue weighted by atomic mass is 10.2. The van der Waals surface area contributed by atoms with Gasteiger partial charge in [-0.15, -0.1) is 0 Å². The van der Waals surface area contributed by atoms with Crippen LogP contribution in [0.15, 0.2) is 0 Å². The fourth-order valence-electron chi connectivity index (χ4n) is 1.33. The van der Waals surface area contributed by atoms with Gasteiger partial charge < -0.3 is 29.6 Å². The smallest absolute Gasteiger partial charge is 0.408 e. The van der Waals surface area contributed by atoms with Gasteiger partial charge in [0.2, 0.25) is 0 Å². The molecule has 150 valence electrons. The molecule has 2 N–H and O–H groups in total. The first-order chi connectivity index (χ1) is 11.8. The minimum Gasteiger partial charge on any atom is -0.461 e. The first-order valence-electron chi connectivity index (χ1n) is 8.03. The van der Waals surface area contributed by atoms with Crippen LogP contribution >= 0.6 is 0 Å². The van der Waals surface area contributed by atoms with E-state index in [4.69, 9.17) is 18.9 Å². The highest BCUT2D eigenvalue weighted by molar-refractivity contribution is 5.78. The third-order valence-electron chi connectivity index (χ3n) is 2.16. The van der Waals surface area contributed by atoms with Crippen molar-refractivity contribution in [2.24, 2.45) is 0 Å². The Morgan fingerprint density at radius 3 is 1.23 bits per heavy atom. The fraction of sp³-hybridized carbons (Fsp3) is 0.750. The van der Waals surface area contributed by atoms with Crippen molar-refractivity contribution in [3.8, 4) is 0 Å². The molecule has 0 aliphatic heterocycles. The molecule has 0 fully saturated rings. The number of rotatable bonds is 7. The Labute approximate surface area is 152 Å². The summed E-state index contributed by atoms with van der Waals surface area (Å²) in [6, 6.07) is 0. The Bertz CT molecular complexity index is 459. The van der Waals surface area contributed by atoms with Gasteiger partial charge >= 0.3 is 24.1 Å². The van der Waals surface area contributed by atoms with Crippen LogP contribution in [0.25, 0.3) is 0 Å². The largest absolute Gasteiger partial charge is 0.461 e. The summed E-state index contributed by atoms with van der Waals surface area (Å²) in [7, 11) is 0. The summed E-state index contributed by atoms with van der Waals surface area (Å²) in [4.78, 5) is 45.5. The van der Waals surface area contributed by atoms with Gasteiger partial charge in [-0.1, -0.05) is 0 Å². The molecule has 10 heteroatoms. The number of esters is 2. The van der Waals surface area contributed by atoms with E-state index in [2.05, 4.69) is 10.6 Å². The lowest BCUT2D eigenvalue weighted by Gasteiger charge is -2.19. The predicted molar refractivity (Wildman–Crippen MR) is 90.4 cm³/mol. The molecule has 0 atom stereocenters. The van der Waals surface area contributed by atoms with Gasteiger partial charge in [-0.3, -0.25) is 9.59 Å². The number of ether oxygens (including phenoxy) is 4. The van der Waals surface area contributed by atoms with E-state index in [1.54, 1.807) is 41.5 Å². The molecular weight excluding hydrogens is 348 g/mol. The summed E-state index contributed by atoms with van der Waals surface area (Å²) in [5.74, 6) is -1.42. The molecule has 0 aromatic rings. The Kier molecular flexibility index (Phi) is 9.45. The minimum absolute atomic E-state index is 0.187. The number of carbonyl (C=O) groups excluding carboxylic acids is 4. The van der Waals surface area contributed by atoms with Crippen molar-refractivity contribution < 1.29 is 38.1 Å². The zero-order chi connectivity index (χ0) is 20.4. The van der Waals surface area contributed by atoms with Crippen LogP contribution in [0.2, 0.25) is 0 Å². The van der Waals surface area contributed by atoms with Crippen molar-refractivity contribution in [3.05, 3.63) is 0 Å². The summed E-state index contributed by atoms with van der Waals surface area (Å²) in [6.07, 6.45) is -1.48. The monoisotopic (exact) mass is 376 g/mol. The van der Waals surface area contributed by atoms with Gasteiger partial charge in [0.15, 0.2) is 0 Å². The van der Waals surface area contributed by atoms with Crippen molar-refractivity contribution >= 4 is 24.1 Å². The summed E-state index contributed by atoms with van der Waals surface area (Å²) in [5.41, 5.74) is -1.34. The second kappa shape index (κ2) is 10.5. The summed E-state index contributed by atoms with van der Waals surface area (Å²) < 4.78 is 19.4. The Morgan fingerprint density at radius 2 is 0.962 bits per heavy atom. The molecule has 26 heavy (non-hydrogen) atoms. The van der Waals surface area contributed by atoms with Gasteiger partial charge in [0.25, 0.3) is 0 Å². The van der Waals surface area contributed by atoms with E-state index in [0.29, 0.717) is 0 Å². The highest BCUT2D eigenvalue weighted by atomic mass is 16.6. The van der Waals surface area contributed by atoms with E-state index in [1.807, 2.05) is 0 Å². The van der Waals surface area contributed by atoms with E-state index in [9.17, 15) is 19.2 Å². The molecule has 0 aromatic carbocycles. The number of alkyl carbamates (subject to hydrolysis) is 2. The average Bonchev–Trinajstić information content (AvgIpc) is 2.44. The second-order valence-corrected chi connectivity index (χ2v) is 7.15. The van der Waals surface area contributed by atoms with E-state index in [-0.39, 0.29) is 26.3 Å². The van der Waals surface area contributed by atoms with E-state index >= 15 is 0 Å².